The van der Waals surface area contributed by atoms with Gasteiger partial charge in [-0.3, -0.25) is 9.69 Å². The Bertz CT molecular complexity index is 487. The number of carboxylic acids is 1. The van der Waals surface area contributed by atoms with E-state index in [0.717, 1.165) is 24.8 Å². The molecule has 2 aliphatic heterocycles. The first-order valence-corrected chi connectivity index (χ1v) is 6.78. The number of nitrogens with zero attached hydrogens (tertiary/aromatic N) is 1. The van der Waals surface area contributed by atoms with Gasteiger partial charge in [0.1, 0.15) is 5.82 Å². The van der Waals surface area contributed by atoms with Crippen molar-refractivity contribution in [2.75, 3.05) is 7.05 Å². The molecule has 0 aliphatic carbocycles. The molecule has 3 rings (SSSR count). The lowest BCUT2D eigenvalue weighted by Gasteiger charge is -2.41. The monoisotopic (exact) mass is 263 g/mol. The molecule has 0 amide bonds. The molecule has 4 atom stereocenters. The molecule has 2 bridgehead atoms. The van der Waals surface area contributed by atoms with Gasteiger partial charge in [-0.25, -0.2) is 4.39 Å². The summed E-state index contributed by atoms with van der Waals surface area (Å²) < 4.78 is 13.0. The first kappa shape index (κ1) is 12.6. The van der Waals surface area contributed by atoms with E-state index in [2.05, 4.69) is 4.90 Å². The third-order valence-electron chi connectivity index (χ3n) is 4.85. The predicted molar refractivity (Wildman–Crippen MR) is 69.5 cm³/mol. The van der Waals surface area contributed by atoms with Crippen LogP contribution in [0.2, 0.25) is 0 Å². The highest BCUT2D eigenvalue weighted by Crippen LogP contribution is 2.46. The molecule has 0 spiro atoms. The topological polar surface area (TPSA) is 40.5 Å². The Balaban J connectivity index is 1.95. The number of halogens is 1. The number of carbonyl (C=O) groups is 1. The van der Waals surface area contributed by atoms with Crippen LogP contribution in [-0.2, 0) is 4.79 Å². The molecule has 19 heavy (non-hydrogen) atoms. The highest BCUT2D eigenvalue weighted by Gasteiger charge is 2.49. The van der Waals surface area contributed by atoms with Gasteiger partial charge >= 0.3 is 5.97 Å². The van der Waals surface area contributed by atoms with Gasteiger partial charge in [-0.1, -0.05) is 12.1 Å². The van der Waals surface area contributed by atoms with Crippen molar-refractivity contribution in [1.82, 2.24) is 4.90 Å². The fourth-order valence-electron chi connectivity index (χ4n) is 3.86. The first-order valence-electron chi connectivity index (χ1n) is 6.78. The maximum Gasteiger partial charge on any atom is 0.308 e. The minimum Gasteiger partial charge on any atom is -0.481 e. The number of hydrogen-bond acceptors (Lipinski definition) is 2. The summed E-state index contributed by atoms with van der Waals surface area (Å²) in [5.41, 5.74) is 0.957. The van der Waals surface area contributed by atoms with Gasteiger partial charge in [0.2, 0.25) is 0 Å². The second-order valence-corrected chi connectivity index (χ2v) is 5.72. The fourth-order valence-corrected chi connectivity index (χ4v) is 3.86. The number of fused-ring (bicyclic) bond motifs is 2. The van der Waals surface area contributed by atoms with Crippen LogP contribution in [0.25, 0.3) is 0 Å². The number of aliphatic carboxylic acids is 1. The third kappa shape index (κ3) is 2.04. The maximum atomic E-state index is 13.0. The van der Waals surface area contributed by atoms with E-state index in [1.807, 2.05) is 7.05 Å². The van der Waals surface area contributed by atoms with Crippen molar-refractivity contribution >= 4 is 5.97 Å². The Morgan fingerprint density at radius 1 is 1.32 bits per heavy atom. The summed E-state index contributed by atoms with van der Waals surface area (Å²) in [7, 11) is 2.03. The van der Waals surface area contributed by atoms with Crippen molar-refractivity contribution < 1.29 is 14.3 Å². The Labute approximate surface area is 112 Å². The SMILES string of the molecule is CN1C2CCC1[C@@H](C(=O)O)[C@H](c1ccc(F)cc1)C2. The summed E-state index contributed by atoms with van der Waals surface area (Å²) in [6, 6.07) is 6.91. The average molecular weight is 263 g/mol. The Morgan fingerprint density at radius 3 is 2.63 bits per heavy atom. The van der Waals surface area contributed by atoms with Crippen LogP contribution in [0.5, 0.6) is 0 Å². The van der Waals surface area contributed by atoms with Crippen LogP contribution in [0.15, 0.2) is 24.3 Å². The van der Waals surface area contributed by atoms with E-state index in [-0.39, 0.29) is 23.7 Å². The van der Waals surface area contributed by atoms with E-state index in [0.29, 0.717) is 6.04 Å². The quantitative estimate of drug-likeness (QED) is 0.891. The molecule has 0 saturated carbocycles. The number of piperidine rings is 1. The zero-order valence-electron chi connectivity index (χ0n) is 10.9. The van der Waals surface area contributed by atoms with Gasteiger partial charge in [-0.2, -0.15) is 0 Å². The van der Waals surface area contributed by atoms with E-state index >= 15 is 0 Å². The van der Waals surface area contributed by atoms with Gasteiger partial charge in [0.25, 0.3) is 0 Å². The van der Waals surface area contributed by atoms with Crippen LogP contribution < -0.4 is 0 Å². The molecule has 1 aromatic carbocycles. The molecule has 1 N–H and O–H groups in total. The van der Waals surface area contributed by atoms with Crippen LogP contribution in [-0.4, -0.2) is 35.1 Å². The van der Waals surface area contributed by atoms with Crippen molar-refractivity contribution in [3.05, 3.63) is 35.6 Å². The summed E-state index contributed by atoms with van der Waals surface area (Å²) in [4.78, 5) is 13.9. The Hall–Kier alpha value is -1.42. The number of hydrogen-bond donors (Lipinski definition) is 1. The standard InChI is InChI=1S/C15H18FNO2/c1-17-11-6-7-13(17)14(15(18)19)12(8-11)9-2-4-10(16)5-3-9/h2-5,11-14H,6-8H2,1H3,(H,18,19)/t11?,12-,13?,14-/m0/s1. The van der Waals surface area contributed by atoms with Gasteiger partial charge in [0.15, 0.2) is 0 Å². The molecular weight excluding hydrogens is 245 g/mol. The smallest absolute Gasteiger partial charge is 0.308 e. The van der Waals surface area contributed by atoms with Crippen LogP contribution >= 0.6 is 0 Å². The molecular formula is C15H18FNO2. The molecule has 102 valence electrons. The van der Waals surface area contributed by atoms with Crippen molar-refractivity contribution in [3.8, 4) is 0 Å². The van der Waals surface area contributed by atoms with Gasteiger partial charge in [0, 0.05) is 18.0 Å². The van der Waals surface area contributed by atoms with Crippen LogP contribution in [0.3, 0.4) is 0 Å². The van der Waals surface area contributed by atoms with Crippen molar-refractivity contribution in [1.29, 1.82) is 0 Å². The third-order valence-corrected chi connectivity index (χ3v) is 4.85. The molecule has 4 heteroatoms. The van der Waals surface area contributed by atoms with Gasteiger partial charge in [0.05, 0.1) is 5.92 Å². The largest absolute Gasteiger partial charge is 0.481 e. The average Bonchev–Trinajstić information content (AvgIpc) is 2.63. The lowest BCUT2D eigenvalue weighted by Crippen LogP contribution is -2.48. The Kier molecular flexibility index (Phi) is 3.05. The highest BCUT2D eigenvalue weighted by atomic mass is 19.1. The lowest BCUT2D eigenvalue weighted by atomic mass is 9.76. The van der Waals surface area contributed by atoms with Crippen molar-refractivity contribution in [2.45, 2.75) is 37.3 Å². The molecule has 2 heterocycles. The molecule has 2 aliphatic rings. The molecule has 2 saturated heterocycles. The summed E-state index contributed by atoms with van der Waals surface area (Å²) in [6.45, 7) is 0. The minimum atomic E-state index is -0.730. The number of carboxylic acid groups (broad SMARTS) is 1. The van der Waals surface area contributed by atoms with E-state index in [9.17, 15) is 14.3 Å². The van der Waals surface area contributed by atoms with Gasteiger partial charge in [-0.15, -0.1) is 0 Å². The summed E-state index contributed by atoms with van der Waals surface area (Å²) >= 11 is 0. The van der Waals surface area contributed by atoms with Crippen LogP contribution in [0, 0.1) is 11.7 Å². The number of rotatable bonds is 2. The first-order chi connectivity index (χ1) is 9.08. The second kappa shape index (κ2) is 4.60. The highest BCUT2D eigenvalue weighted by molar-refractivity contribution is 5.73. The number of benzene rings is 1. The summed E-state index contributed by atoms with van der Waals surface area (Å²) in [5.74, 6) is -1.38. The lowest BCUT2D eigenvalue weighted by molar-refractivity contribution is -0.146. The normalized spacial score (nSPS) is 34.4. The van der Waals surface area contributed by atoms with E-state index in [1.165, 1.54) is 12.1 Å². The van der Waals surface area contributed by atoms with Gasteiger partial charge < -0.3 is 5.11 Å². The van der Waals surface area contributed by atoms with E-state index in [1.54, 1.807) is 12.1 Å². The summed E-state index contributed by atoms with van der Waals surface area (Å²) in [5, 5.41) is 9.56. The van der Waals surface area contributed by atoms with E-state index < -0.39 is 5.97 Å². The van der Waals surface area contributed by atoms with Crippen LogP contribution in [0.1, 0.15) is 30.7 Å². The molecule has 2 fully saturated rings. The molecule has 0 radical (unpaired) electrons. The Morgan fingerprint density at radius 2 is 2.00 bits per heavy atom. The molecule has 0 aromatic heterocycles. The maximum absolute atomic E-state index is 13.0. The summed E-state index contributed by atoms with van der Waals surface area (Å²) in [6.07, 6.45) is 2.88. The zero-order chi connectivity index (χ0) is 13.6. The van der Waals surface area contributed by atoms with Crippen LogP contribution in [0.4, 0.5) is 4.39 Å². The minimum absolute atomic E-state index is 0.00630. The zero-order valence-corrected chi connectivity index (χ0v) is 10.9. The molecule has 1 aromatic rings. The molecule has 2 unspecified atom stereocenters. The van der Waals surface area contributed by atoms with E-state index in [4.69, 9.17) is 0 Å². The van der Waals surface area contributed by atoms with Crippen molar-refractivity contribution in [3.63, 3.8) is 0 Å². The van der Waals surface area contributed by atoms with Crippen molar-refractivity contribution in [2.24, 2.45) is 5.92 Å². The molecule has 3 nitrogen and oxygen atoms in total. The fraction of sp³-hybridized carbons (Fsp3) is 0.533. The second-order valence-electron chi connectivity index (χ2n) is 5.72. The van der Waals surface area contributed by atoms with Gasteiger partial charge in [-0.05, 0) is 44.0 Å². The predicted octanol–water partition coefficient (Wildman–Crippen LogP) is 2.48.